The quantitative estimate of drug-likeness (QED) is 0.375. The lowest BCUT2D eigenvalue weighted by Crippen LogP contribution is -2.13. The second-order valence-corrected chi connectivity index (χ2v) is 6.49. The van der Waals surface area contributed by atoms with E-state index in [1.54, 1.807) is 34.9 Å². The van der Waals surface area contributed by atoms with E-state index < -0.39 is 11.5 Å². The zero-order valence-electron chi connectivity index (χ0n) is 16.2. The van der Waals surface area contributed by atoms with Gasteiger partial charge in [0.1, 0.15) is 0 Å². The molecule has 0 aliphatic heterocycles. The van der Waals surface area contributed by atoms with Crippen molar-refractivity contribution in [3.05, 3.63) is 64.6 Å². The van der Waals surface area contributed by atoms with E-state index in [0.717, 1.165) is 5.52 Å². The Morgan fingerprint density at radius 3 is 2.60 bits per heavy atom. The molecule has 2 aromatic carbocycles. The van der Waals surface area contributed by atoms with Crippen molar-refractivity contribution in [3.63, 3.8) is 0 Å². The maximum Gasteiger partial charge on any atom is 0.316 e. The number of amides is 1. The van der Waals surface area contributed by atoms with Crippen LogP contribution in [0.25, 0.3) is 21.7 Å². The smallest absolute Gasteiger partial charge is 0.316 e. The van der Waals surface area contributed by atoms with E-state index in [1.165, 1.54) is 0 Å². The average molecular weight is 405 g/mol. The fourth-order valence-corrected chi connectivity index (χ4v) is 3.32. The number of aromatic amines is 1. The summed E-state index contributed by atoms with van der Waals surface area (Å²) in [6.45, 7) is 3.32. The van der Waals surface area contributed by atoms with Crippen LogP contribution in [-0.4, -0.2) is 39.0 Å². The van der Waals surface area contributed by atoms with Gasteiger partial charge in [0.05, 0.1) is 17.5 Å². The summed E-state index contributed by atoms with van der Waals surface area (Å²) in [6.07, 6.45) is 0. The predicted octanol–water partition coefficient (Wildman–Crippen LogP) is 3.54. The number of hydrogen-bond donors (Lipinski definition) is 2. The van der Waals surface area contributed by atoms with E-state index in [4.69, 9.17) is 4.74 Å². The van der Waals surface area contributed by atoms with Gasteiger partial charge in [-0.05, 0) is 19.1 Å². The van der Waals surface area contributed by atoms with Crippen LogP contribution in [-0.2, 0) is 11.3 Å². The van der Waals surface area contributed by atoms with Crippen molar-refractivity contribution < 1.29 is 14.6 Å². The van der Waals surface area contributed by atoms with E-state index in [9.17, 15) is 14.7 Å². The van der Waals surface area contributed by atoms with E-state index in [0.29, 0.717) is 35.9 Å². The second-order valence-electron chi connectivity index (χ2n) is 6.49. The third-order valence-corrected chi connectivity index (χ3v) is 4.72. The van der Waals surface area contributed by atoms with Gasteiger partial charge in [-0.3, -0.25) is 9.59 Å². The molecule has 0 saturated carbocycles. The predicted molar refractivity (Wildman–Crippen MR) is 111 cm³/mol. The molecule has 30 heavy (non-hydrogen) atoms. The second kappa shape index (κ2) is 8.26. The summed E-state index contributed by atoms with van der Waals surface area (Å²) in [4.78, 5) is 24.6. The Bertz CT molecular complexity index is 1320. The van der Waals surface area contributed by atoms with Gasteiger partial charge in [0.25, 0.3) is 5.56 Å². The Morgan fingerprint density at radius 1 is 1.13 bits per heavy atom. The van der Waals surface area contributed by atoms with Crippen LogP contribution in [0.5, 0.6) is 5.88 Å². The summed E-state index contributed by atoms with van der Waals surface area (Å²) < 4.78 is 7.04. The van der Waals surface area contributed by atoms with Gasteiger partial charge in [-0.2, -0.15) is 5.10 Å². The number of nitrogens with zero attached hydrogens (tertiary/aromatic N) is 4. The number of carbonyl (C=O) groups is 1. The molecule has 2 aromatic heterocycles. The molecule has 0 fully saturated rings. The third kappa shape index (κ3) is 3.46. The normalized spacial score (nSPS) is 11.6. The first-order valence-electron chi connectivity index (χ1n) is 9.43. The fraction of sp³-hybridized carbons (Fsp3) is 0.190. The van der Waals surface area contributed by atoms with Crippen molar-refractivity contribution >= 4 is 33.3 Å². The van der Waals surface area contributed by atoms with Gasteiger partial charge >= 0.3 is 5.91 Å². The molecule has 9 heteroatoms. The summed E-state index contributed by atoms with van der Waals surface area (Å²) >= 11 is 0. The van der Waals surface area contributed by atoms with Crippen LogP contribution in [0.4, 0.5) is 5.69 Å². The molecule has 0 saturated heterocycles. The van der Waals surface area contributed by atoms with Crippen molar-refractivity contribution in [1.82, 2.24) is 14.8 Å². The summed E-state index contributed by atoms with van der Waals surface area (Å²) in [6, 6.07) is 13.9. The molecule has 0 radical (unpaired) electrons. The number of rotatable bonds is 6. The standard InChI is InChI=1S/C21H19N5O4/c1-2-30-12-11-26-16-10-6-5-9-15(16)18(21(26)29)23-25-20(28)17-13-7-3-4-8-14(13)19(27)24-22-17/h3-10,29H,2,11-12H2,1H3,(H,24,27). The molecule has 0 aliphatic carbocycles. The number of nitrogens with one attached hydrogen (secondary N) is 1. The highest BCUT2D eigenvalue weighted by Crippen LogP contribution is 2.38. The van der Waals surface area contributed by atoms with Crippen LogP contribution in [0.15, 0.2) is 63.6 Å². The highest BCUT2D eigenvalue weighted by Gasteiger charge is 2.18. The summed E-state index contributed by atoms with van der Waals surface area (Å²) in [7, 11) is 0. The number of ether oxygens (including phenoxy) is 1. The lowest BCUT2D eigenvalue weighted by Gasteiger charge is -2.06. The number of H-pyrrole nitrogens is 1. The van der Waals surface area contributed by atoms with Crippen molar-refractivity contribution in [2.24, 2.45) is 10.2 Å². The first kappa shape index (κ1) is 19.5. The van der Waals surface area contributed by atoms with E-state index in [-0.39, 0.29) is 17.3 Å². The van der Waals surface area contributed by atoms with Crippen molar-refractivity contribution in [2.75, 3.05) is 13.2 Å². The molecule has 0 bridgehead atoms. The Hall–Kier alpha value is -3.85. The number of fused-ring (bicyclic) bond motifs is 2. The fourth-order valence-electron chi connectivity index (χ4n) is 3.32. The molecule has 4 aromatic rings. The summed E-state index contributed by atoms with van der Waals surface area (Å²) in [5, 5.41) is 26.0. The van der Waals surface area contributed by atoms with Gasteiger partial charge in [0.2, 0.25) is 5.88 Å². The van der Waals surface area contributed by atoms with Crippen LogP contribution in [0, 0.1) is 0 Å². The van der Waals surface area contributed by atoms with Gasteiger partial charge in [0.15, 0.2) is 11.4 Å². The summed E-state index contributed by atoms with van der Waals surface area (Å²) in [5.41, 5.74) is 0.524. The van der Waals surface area contributed by atoms with Gasteiger partial charge < -0.3 is 14.4 Å². The van der Waals surface area contributed by atoms with Crippen LogP contribution in [0.2, 0.25) is 0 Å². The number of carbonyl (C=O) groups excluding carboxylic acids is 1. The maximum atomic E-state index is 12.7. The number of hydrogen-bond acceptors (Lipinski definition) is 6. The zero-order chi connectivity index (χ0) is 21.1. The molecule has 2 N–H and O–H groups in total. The molecule has 0 spiro atoms. The van der Waals surface area contributed by atoms with Crippen LogP contribution < -0.4 is 5.56 Å². The van der Waals surface area contributed by atoms with Crippen molar-refractivity contribution in [3.8, 4) is 5.88 Å². The number of aromatic nitrogens is 3. The molecule has 0 unspecified atom stereocenters. The SMILES string of the molecule is CCOCCn1c(O)c(N=NC(=O)c2n[nH]c(=O)c3ccccc23)c2ccccc21. The van der Waals surface area contributed by atoms with Crippen LogP contribution in [0.1, 0.15) is 17.4 Å². The zero-order valence-corrected chi connectivity index (χ0v) is 16.2. The van der Waals surface area contributed by atoms with E-state index >= 15 is 0 Å². The third-order valence-electron chi connectivity index (χ3n) is 4.72. The molecule has 4 rings (SSSR count). The monoisotopic (exact) mass is 405 g/mol. The average Bonchev–Trinajstić information content (AvgIpc) is 3.04. The number of benzene rings is 2. The Kier molecular flexibility index (Phi) is 5.36. The Balaban J connectivity index is 1.73. The lowest BCUT2D eigenvalue weighted by atomic mass is 10.1. The molecule has 0 atom stereocenters. The van der Waals surface area contributed by atoms with Crippen molar-refractivity contribution in [1.29, 1.82) is 0 Å². The van der Waals surface area contributed by atoms with Crippen LogP contribution >= 0.6 is 0 Å². The first-order chi connectivity index (χ1) is 14.6. The molecule has 0 aliphatic rings. The minimum absolute atomic E-state index is 0.0199. The van der Waals surface area contributed by atoms with Crippen molar-refractivity contribution in [2.45, 2.75) is 13.5 Å². The maximum absolute atomic E-state index is 12.7. The first-order valence-corrected chi connectivity index (χ1v) is 9.43. The highest BCUT2D eigenvalue weighted by molar-refractivity contribution is 6.05. The molecule has 152 valence electrons. The molecule has 1 amide bonds. The molecular weight excluding hydrogens is 386 g/mol. The highest BCUT2D eigenvalue weighted by atomic mass is 16.5. The summed E-state index contributed by atoms with van der Waals surface area (Å²) in [5.74, 6) is -0.834. The topological polar surface area (TPSA) is 122 Å². The van der Waals surface area contributed by atoms with Gasteiger partial charge in [-0.1, -0.05) is 36.4 Å². The largest absolute Gasteiger partial charge is 0.493 e. The number of para-hydroxylation sites is 1. The molecule has 2 heterocycles. The van der Waals surface area contributed by atoms with Crippen LogP contribution in [0.3, 0.4) is 0 Å². The van der Waals surface area contributed by atoms with E-state index in [1.807, 2.05) is 25.1 Å². The number of aromatic hydroxyl groups is 1. The molecule has 9 nitrogen and oxygen atoms in total. The molecular formula is C21H19N5O4. The number of azo groups is 1. The Morgan fingerprint density at radius 2 is 1.83 bits per heavy atom. The van der Waals surface area contributed by atoms with E-state index in [2.05, 4.69) is 20.4 Å². The van der Waals surface area contributed by atoms with Gasteiger partial charge in [0, 0.05) is 23.9 Å². The van der Waals surface area contributed by atoms with Gasteiger partial charge in [-0.25, -0.2) is 5.10 Å². The minimum atomic E-state index is -0.729. The van der Waals surface area contributed by atoms with Gasteiger partial charge in [-0.15, -0.1) is 10.2 Å². The Labute approximate surface area is 170 Å². The minimum Gasteiger partial charge on any atom is -0.493 e. The lowest BCUT2D eigenvalue weighted by molar-refractivity contribution is 0.0991.